The summed E-state index contributed by atoms with van der Waals surface area (Å²) in [5.41, 5.74) is 0. The topological polar surface area (TPSA) is 40.5 Å². The summed E-state index contributed by atoms with van der Waals surface area (Å²) in [4.78, 5) is 13.9. The van der Waals surface area contributed by atoms with Gasteiger partial charge in [-0.3, -0.25) is 4.79 Å². The monoisotopic (exact) mass is 211 g/mol. The van der Waals surface area contributed by atoms with Crippen molar-refractivity contribution in [2.24, 2.45) is 11.8 Å². The van der Waals surface area contributed by atoms with Crippen molar-refractivity contribution in [3.05, 3.63) is 0 Å². The largest absolute Gasteiger partial charge is 0.396 e. The van der Waals surface area contributed by atoms with E-state index in [9.17, 15) is 4.79 Å². The number of carbonyl (C=O) groups is 1. The predicted molar refractivity (Wildman–Crippen MR) is 58.3 cm³/mol. The van der Waals surface area contributed by atoms with E-state index < -0.39 is 0 Å². The maximum Gasteiger partial charge on any atom is 0.222 e. The summed E-state index contributed by atoms with van der Waals surface area (Å²) in [5, 5.41) is 9.01. The fraction of sp³-hybridized carbons (Fsp3) is 0.917. The fourth-order valence-corrected chi connectivity index (χ4v) is 2.80. The molecule has 0 aromatic carbocycles. The molecule has 1 aliphatic carbocycles. The van der Waals surface area contributed by atoms with Gasteiger partial charge in [0.25, 0.3) is 0 Å². The first-order valence-electron chi connectivity index (χ1n) is 6.18. The molecule has 1 N–H and O–H groups in total. The smallest absolute Gasteiger partial charge is 0.222 e. The highest BCUT2D eigenvalue weighted by Gasteiger charge is 2.27. The van der Waals surface area contributed by atoms with Crippen molar-refractivity contribution in [2.75, 3.05) is 19.7 Å². The molecule has 0 spiro atoms. The standard InChI is InChI=1S/C12H21NO2/c14-9-11-5-6-13(8-11)12(15)7-10-3-1-2-4-10/h10-11,14H,1-9H2/t11-/m0/s1. The van der Waals surface area contributed by atoms with Crippen molar-refractivity contribution in [2.45, 2.75) is 38.5 Å². The van der Waals surface area contributed by atoms with Crippen LogP contribution in [0.2, 0.25) is 0 Å². The minimum atomic E-state index is 0.229. The van der Waals surface area contributed by atoms with Crippen LogP contribution >= 0.6 is 0 Å². The zero-order chi connectivity index (χ0) is 10.7. The second-order valence-electron chi connectivity index (χ2n) is 5.03. The molecule has 0 radical (unpaired) electrons. The van der Waals surface area contributed by atoms with Crippen molar-refractivity contribution in [1.29, 1.82) is 0 Å². The Hall–Kier alpha value is -0.570. The zero-order valence-electron chi connectivity index (χ0n) is 9.32. The van der Waals surface area contributed by atoms with E-state index in [0.717, 1.165) is 25.9 Å². The van der Waals surface area contributed by atoms with Gasteiger partial charge in [0.1, 0.15) is 0 Å². The maximum absolute atomic E-state index is 11.9. The Kier molecular flexibility index (Phi) is 3.62. The Morgan fingerprint density at radius 2 is 1.93 bits per heavy atom. The van der Waals surface area contributed by atoms with E-state index in [1.54, 1.807) is 0 Å². The lowest BCUT2D eigenvalue weighted by molar-refractivity contribution is -0.131. The van der Waals surface area contributed by atoms with Crippen LogP contribution in [0.5, 0.6) is 0 Å². The highest BCUT2D eigenvalue weighted by atomic mass is 16.3. The molecule has 1 saturated carbocycles. The number of rotatable bonds is 3. The van der Waals surface area contributed by atoms with Gasteiger partial charge in [0.05, 0.1) is 0 Å². The van der Waals surface area contributed by atoms with E-state index in [1.165, 1.54) is 25.7 Å². The second kappa shape index (κ2) is 4.97. The van der Waals surface area contributed by atoms with Crippen LogP contribution in [0.25, 0.3) is 0 Å². The van der Waals surface area contributed by atoms with E-state index in [4.69, 9.17) is 5.11 Å². The van der Waals surface area contributed by atoms with Crippen LogP contribution in [0.3, 0.4) is 0 Å². The van der Waals surface area contributed by atoms with E-state index >= 15 is 0 Å². The van der Waals surface area contributed by atoms with Gasteiger partial charge < -0.3 is 10.0 Å². The first-order valence-corrected chi connectivity index (χ1v) is 6.18. The summed E-state index contributed by atoms with van der Waals surface area (Å²) in [6.07, 6.45) is 6.81. The van der Waals surface area contributed by atoms with Gasteiger partial charge in [-0.15, -0.1) is 0 Å². The SMILES string of the molecule is O=C(CC1CCCC1)N1CC[C@H](CO)C1. The van der Waals surface area contributed by atoms with Crippen LogP contribution in [0.4, 0.5) is 0 Å². The lowest BCUT2D eigenvalue weighted by atomic mass is 10.0. The normalized spacial score (nSPS) is 27.5. The lowest BCUT2D eigenvalue weighted by Crippen LogP contribution is -2.30. The van der Waals surface area contributed by atoms with Crippen molar-refractivity contribution >= 4 is 5.91 Å². The molecule has 1 aliphatic heterocycles. The molecule has 3 nitrogen and oxygen atoms in total. The molecule has 15 heavy (non-hydrogen) atoms. The van der Waals surface area contributed by atoms with E-state index in [0.29, 0.717) is 17.7 Å². The van der Waals surface area contributed by atoms with Crippen LogP contribution in [-0.2, 0) is 4.79 Å². The molecule has 2 rings (SSSR count). The minimum Gasteiger partial charge on any atom is -0.396 e. The van der Waals surface area contributed by atoms with Crippen molar-refractivity contribution < 1.29 is 9.90 Å². The highest BCUT2D eigenvalue weighted by Crippen LogP contribution is 2.29. The number of aliphatic hydroxyl groups excluding tert-OH is 1. The van der Waals surface area contributed by atoms with Crippen molar-refractivity contribution in [1.82, 2.24) is 4.90 Å². The number of likely N-dealkylation sites (tertiary alicyclic amines) is 1. The molecular formula is C12H21NO2. The van der Waals surface area contributed by atoms with Gasteiger partial charge in [-0.1, -0.05) is 12.8 Å². The number of hydrogen-bond donors (Lipinski definition) is 1. The summed E-state index contributed by atoms with van der Waals surface area (Å²) in [5.74, 6) is 1.29. The average molecular weight is 211 g/mol. The summed E-state index contributed by atoms with van der Waals surface area (Å²) >= 11 is 0. The van der Waals surface area contributed by atoms with Crippen LogP contribution in [0, 0.1) is 11.8 Å². The van der Waals surface area contributed by atoms with Gasteiger partial charge in [-0.25, -0.2) is 0 Å². The average Bonchev–Trinajstić information content (AvgIpc) is 2.86. The molecule has 0 aromatic heterocycles. The number of amides is 1. The van der Waals surface area contributed by atoms with Crippen LogP contribution in [-0.4, -0.2) is 35.6 Å². The molecule has 2 fully saturated rings. The summed E-state index contributed by atoms with van der Waals surface area (Å²) < 4.78 is 0. The maximum atomic E-state index is 11.9. The molecule has 1 saturated heterocycles. The summed E-state index contributed by atoms with van der Waals surface area (Å²) in [6.45, 7) is 1.87. The van der Waals surface area contributed by atoms with Crippen molar-refractivity contribution in [3.8, 4) is 0 Å². The number of carbonyl (C=O) groups excluding carboxylic acids is 1. The van der Waals surface area contributed by atoms with Crippen LogP contribution < -0.4 is 0 Å². The number of nitrogens with zero attached hydrogens (tertiary/aromatic N) is 1. The van der Waals surface area contributed by atoms with Gasteiger partial charge in [-0.2, -0.15) is 0 Å². The predicted octanol–water partition coefficient (Wildman–Crippen LogP) is 1.41. The Labute approximate surface area is 91.5 Å². The van der Waals surface area contributed by atoms with E-state index in [-0.39, 0.29) is 6.61 Å². The first kappa shape index (κ1) is 10.9. The molecule has 1 amide bonds. The van der Waals surface area contributed by atoms with Gasteiger partial charge in [-0.05, 0) is 25.2 Å². The quantitative estimate of drug-likeness (QED) is 0.766. The van der Waals surface area contributed by atoms with Gasteiger partial charge >= 0.3 is 0 Å². The van der Waals surface area contributed by atoms with Crippen LogP contribution in [0.1, 0.15) is 38.5 Å². The summed E-state index contributed by atoms with van der Waals surface area (Å²) in [7, 11) is 0. The molecule has 2 aliphatic rings. The Balaban J connectivity index is 1.76. The molecular weight excluding hydrogens is 190 g/mol. The van der Waals surface area contributed by atoms with E-state index in [1.807, 2.05) is 4.90 Å². The zero-order valence-corrected chi connectivity index (χ0v) is 9.32. The molecule has 0 unspecified atom stereocenters. The molecule has 3 heteroatoms. The van der Waals surface area contributed by atoms with Gasteiger partial charge in [0, 0.05) is 32.0 Å². The first-order chi connectivity index (χ1) is 7.29. The number of aliphatic hydroxyl groups is 1. The molecule has 0 aromatic rings. The molecule has 0 bridgehead atoms. The Morgan fingerprint density at radius 3 is 2.53 bits per heavy atom. The van der Waals surface area contributed by atoms with Crippen molar-refractivity contribution in [3.63, 3.8) is 0 Å². The Morgan fingerprint density at radius 1 is 1.20 bits per heavy atom. The fourth-order valence-electron chi connectivity index (χ4n) is 2.80. The third-order valence-electron chi connectivity index (χ3n) is 3.83. The summed E-state index contributed by atoms with van der Waals surface area (Å²) in [6, 6.07) is 0. The van der Waals surface area contributed by atoms with Crippen LogP contribution in [0.15, 0.2) is 0 Å². The van der Waals surface area contributed by atoms with E-state index in [2.05, 4.69) is 0 Å². The Bertz CT molecular complexity index is 224. The lowest BCUT2D eigenvalue weighted by Gasteiger charge is -2.18. The highest BCUT2D eigenvalue weighted by molar-refractivity contribution is 5.76. The second-order valence-corrected chi connectivity index (χ2v) is 5.03. The third-order valence-corrected chi connectivity index (χ3v) is 3.83. The minimum absolute atomic E-state index is 0.229. The molecule has 1 heterocycles. The number of hydrogen-bond acceptors (Lipinski definition) is 2. The third kappa shape index (κ3) is 2.71. The molecule has 86 valence electrons. The van der Waals surface area contributed by atoms with Gasteiger partial charge in [0.15, 0.2) is 0 Å². The van der Waals surface area contributed by atoms with Gasteiger partial charge in [0.2, 0.25) is 5.91 Å². The molecule has 1 atom stereocenters.